The fourth-order valence-corrected chi connectivity index (χ4v) is 5.39. The molecule has 35 heavy (non-hydrogen) atoms. The van der Waals surface area contributed by atoms with Crippen molar-refractivity contribution in [2.24, 2.45) is 0 Å². The zero-order valence-corrected chi connectivity index (χ0v) is 21.8. The third-order valence-corrected chi connectivity index (χ3v) is 7.79. The second-order valence-corrected chi connectivity index (χ2v) is 10.3. The maximum atomic E-state index is 13.6. The number of carbonyl (C=O) groups excluding carboxylic acids is 1. The predicted molar refractivity (Wildman–Crippen MR) is 138 cm³/mol. The van der Waals surface area contributed by atoms with Crippen molar-refractivity contribution in [3.63, 3.8) is 0 Å². The monoisotopic (exact) mass is 496 g/mol. The van der Waals surface area contributed by atoms with Crippen LogP contribution in [0.1, 0.15) is 35.2 Å². The quantitative estimate of drug-likeness (QED) is 0.464. The number of hydrogen-bond donors (Lipinski definition) is 1. The van der Waals surface area contributed by atoms with E-state index in [1.165, 1.54) is 31.9 Å². The van der Waals surface area contributed by atoms with Gasteiger partial charge in [0, 0.05) is 6.07 Å². The van der Waals surface area contributed by atoms with Crippen molar-refractivity contribution in [3.05, 3.63) is 82.9 Å². The number of aryl methyl sites for hydroxylation is 3. The number of hydrogen-bond acceptors (Lipinski definition) is 5. The molecule has 0 bridgehead atoms. The Bertz CT molecular complexity index is 1310. The van der Waals surface area contributed by atoms with Crippen LogP contribution in [0.2, 0.25) is 0 Å². The topological polar surface area (TPSA) is 84.9 Å². The van der Waals surface area contributed by atoms with Gasteiger partial charge in [0.15, 0.2) is 11.5 Å². The molecule has 0 aliphatic heterocycles. The van der Waals surface area contributed by atoms with Crippen molar-refractivity contribution in [2.75, 3.05) is 25.1 Å². The maximum absolute atomic E-state index is 13.6. The van der Waals surface area contributed by atoms with Crippen LogP contribution in [0.3, 0.4) is 0 Å². The number of benzene rings is 3. The molecular formula is C27H32N2O5S. The molecule has 3 aromatic rings. The van der Waals surface area contributed by atoms with Gasteiger partial charge in [-0.2, -0.15) is 0 Å². The van der Waals surface area contributed by atoms with Crippen molar-refractivity contribution in [1.29, 1.82) is 0 Å². The van der Waals surface area contributed by atoms with E-state index in [0.717, 1.165) is 21.0 Å². The van der Waals surface area contributed by atoms with E-state index in [1.807, 2.05) is 27.7 Å². The van der Waals surface area contributed by atoms with Gasteiger partial charge in [-0.05, 0) is 74.2 Å². The van der Waals surface area contributed by atoms with Gasteiger partial charge in [-0.3, -0.25) is 9.10 Å². The Morgan fingerprint density at radius 1 is 0.886 bits per heavy atom. The second-order valence-electron chi connectivity index (χ2n) is 8.45. The van der Waals surface area contributed by atoms with Crippen molar-refractivity contribution in [3.8, 4) is 11.5 Å². The lowest BCUT2D eigenvalue weighted by Gasteiger charge is -2.26. The van der Waals surface area contributed by atoms with Crippen molar-refractivity contribution < 1.29 is 22.7 Å². The first-order valence-electron chi connectivity index (χ1n) is 11.3. The van der Waals surface area contributed by atoms with E-state index in [1.54, 1.807) is 36.4 Å². The van der Waals surface area contributed by atoms with E-state index < -0.39 is 22.5 Å². The lowest BCUT2D eigenvalue weighted by atomic mass is 9.96. The van der Waals surface area contributed by atoms with Gasteiger partial charge in [-0.15, -0.1) is 0 Å². The van der Waals surface area contributed by atoms with E-state index in [2.05, 4.69) is 17.4 Å². The third-order valence-electron chi connectivity index (χ3n) is 6.00. The first-order valence-corrected chi connectivity index (χ1v) is 12.7. The summed E-state index contributed by atoms with van der Waals surface area (Å²) in [6.07, 6.45) is 0. The number of nitrogens with zero attached hydrogens (tertiary/aromatic N) is 1. The smallest absolute Gasteiger partial charge is 0.264 e. The van der Waals surface area contributed by atoms with Gasteiger partial charge in [0.1, 0.15) is 6.54 Å². The molecule has 1 N–H and O–H groups in total. The van der Waals surface area contributed by atoms with Crippen LogP contribution in [0.15, 0.2) is 65.6 Å². The van der Waals surface area contributed by atoms with Crippen molar-refractivity contribution in [1.82, 2.24) is 5.32 Å². The minimum atomic E-state index is -4.04. The predicted octanol–water partition coefficient (Wildman–Crippen LogP) is 4.70. The Morgan fingerprint density at radius 2 is 1.51 bits per heavy atom. The number of ether oxygens (including phenoxy) is 2. The highest BCUT2D eigenvalue weighted by Crippen LogP contribution is 2.34. The van der Waals surface area contributed by atoms with Crippen LogP contribution in [0.4, 0.5) is 5.69 Å². The molecule has 0 radical (unpaired) electrons. The van der Waals surface area contributed by atoms with Crippen molar-refractivity contribution in [2.45, 2.75) is 38.6 Å². The summed E-state index contributed by atoms with van der Waals surface area (Å²) in [5, 5.41) is 2.96. The average Bonchev–Trinajstić information content (AvgIpc) is 2.84. The third kappa shape index (κ3) is 5.77. The van der Waals surface area contributed by atoms with Crippen LogP contribution in [0, 0.1) is 20.8 Å². The molecular weight excluding hydrogens is 464 g/mol. The van der Waals surface area contributed by atoms with Gasteiger partial charge >= 0.3 is 0 Å². The SMILES string of the molecule is COc1ccc(N(CC(=O)NC(C)c2cc(C)c(C)cc2C)S(=O)(=O)c2ccccc2)cc1OC. The van der Waals surface area contributed by atoms with E-state index in [0.29, 0.717) is 11.5 Å². The summed E-state index contributed by atoms with van der Waals surface area (Å²) in [4.78, 5) is 13.2. The number of rotatable bonds is 9. The van der Waals surface area contributed by atoms with E-state index in [-0.39, 0.29) is 16.6 Å². The highest BCUT2D eigenvalue weighted by molar-refractivity contribution is 7.92. The van der Waals surface area contributed by atoms with Gasteiger partial charge in [-0.25, -0.2) is 8.42 Å². The molecule has 1 atom stereocenters. The average molecular weight is 497 g/mol. The Labute approximate surface area is 207 Å². The molecule has 0 aliphatic rings. The van der Waals surface area contributed by atoms with Crippen LogP contribution in [0.5, 0.6) is 11.5 Å². The fraction of sp³-hybridized carbons (Fsp3) is 0.296. The van der Waals surface area contributed by atoms with Crippen molar-refractivity contribution >= 4 is 21.6 Å². The summed E-state index contributed by atoms with van der Waals surface area (Å²) in [5.74, 6) is 0.388. The highest BCUT2D eigenvalue weighted by Gasteiger charge is 2.28. The van der Waals surface area contributed by atoms with E-state index in [4.69, 9.17) is 9.47 Å². The molecule has 3 rings (SSSR count). The zero-order valence-electron chi connectivity index (χ0n) is 21.0. The molecule has 7 nitrogen and oxygen atoms in total. The molecule has 0 heterocycles. The summed E-state index contributed by atoms with van der Waals surface area (Å²) in [5.41, 5.74) is 4.65. The second kappa shape index (κ2) is 10.8. The number of methoxy groups -OCH3 is 2. The molecule has 0 saturated heterocycles. The summed E-state index contributed by atoms with van der Waals surface area (Å²) >= 11 is 0. The molecule has 8 heteroatoms. The van der Waals surface area contributed by atoms with Gasteiger partial charge in [-0.1, -0.05) is 30.3 Å². The lowest BCUT2D eigenvalue weighted by molar-refractivity contribution is -0.120. The summed E-state index contributed by atoms with van der Waals surface area (Å²) in [6, 6.07) is 16.6. The molecule has 186 valence electrons. The maximum Gasteiger partial charge on any atom is 0.264 e. The number of nitrogens with one attached hydrogen (secondary N) is 1. The molecule has 0 fully saturated rings. The molecule has 0 aliphatic carbocycles. The first kappa shape index (κ1) is 26.1. The highest BCUT2D eigenvalue weighted by atomic mass is 32.2. The standard InChI is InChI=1S/C27H32N2O5S/c1-18-14-20(3)24(15-19(18)2)21(4)28-27(30)17-29(35(31,32)23-10-8-7-9-11-23)22-12-13-25(33-5)26(16-22)34-6/h7-16,21H,17H2,1-6H3,(H,28,30). The fourth-order valence-electron chi connectivity index (χ4n) is 3.96. The van der Waals surface area contributed by atoms with E-state index >= 15 is 0 Å². The molecule has 0 aromatic heterocycles. The summed E-state index contributed by atoms with van der Waals surface area (Å²) < 4.78 is 38.9. The van der Waals surface area contributed by atoms with E-state index in [9.17, 15) is 13.2 Å². The minimum absolute atomic E-state index is 0.0839. The Morgan fingerprint density at radius 3 is 2.14 bits per heavy atom. The van der Waals surface area contributed by atoms with Gasteiger partial charge in [0.25, 0.3) is 10.0 Å². The zero-order chi connectivity index (χ0) is 25.8. The Balaban J connectivity index is 1.96. The first-order chi connectivity index (χ1) is 16.6. The summed E-state index contributed by atoms with van der Waals surface area (Å²) in [6.45, 7) is 7.56. The summed E-state index contributed by atoms with van der Waals surface area (Å²) in [7, 11) is -1.07. The molecule has 3 aromatic carbocycles. The van der Waals surface area contributed by atoms with Gasteiger partial charge in [0.2, 0.25) is 5.91 Å². The molecule has 0 spiro atoms. The number of sulfonamides is 1. The number of amides is 1. The van der Waals surface area contributed by atoms with Crippen LogP contribution in [-0.4, -0.2) is 35.1 Å². The number of anilines is 1. The largest absolute Gasteiger partial charge is 0.493 e. The molecule has 1 unspecified atom stereocenters. The van der Waals surface area contributed by atoms with Crippen LogP contribution >= 0.6 is 0 Å². The molecule has 0 saturated carbocycles. The van der Waals surface area contributed by atoms with Gasteiger partial charge < -0.3 is 14.8 Å². The van der Waals surface area contributed by atoms with Crippen LogP contribution in [-0.2, 0) is 14.8 Å². The normalized spacial score (nSPS) is 12.1. The number of carbonyl (C=O) groups is 1. The van der Waals surface area contributed by atoms with Gasteiger partial charge in [0.05, 0.1) is 30.8 Å². The minimum Gasteiger partial charge on any atom is -0.493 e. The Hall–Kier alpha value is -3.52. The van der Waals surface area contributed by atoms with Crippen LogP contribution < -0.4 is 19.1 Å². The Kier molecular flexibility index (Phi) is 8.07. The lowest BCUT2D eigenvalue weighted by Crippen LogP contribution is -2.41. The molecule has 1 amide bonds. The van der Waals surface area contributed by atoms with Crippen LogP contribution in [0.25, 0.3) is 0 Å².